The molecule has 27 heavy (non-hydrogen) atoms. The second-order valence-electron chi connectivity index (χ2n) is 7.06. The molecular weight excluding hydrogens is 356 g/mol. The van der Waals surface area contributed by atoms with E-state index in [1.54, 1.807) is 20.8 Å². The van der Waals surface area contributed by atoms with E-state index in [1.165, 1.54) is 24.3 Å². The Bertz CT molecular complexity index is 918. The molecule has 2 amide bonds. The van der Waals surface area contributed by atoms with Gasteiger partial charge in [-0.05, 0) is 20.8 Å². The number of fused-ring (bicyclic) bond motifs is 1. The molecule has 1 aliphatic heterocycles. The van der Waals surface area contributed by atoms with Crippen molar-refractivity contribution in [2.45, 2.75) is 44.9 Å². The molecule has 0 saturated carbocycles. The third kappa shape index (κ3) is 3.27. The van der Waals surface area contributed by atoms with Crippen molar-refractivity contribution >= 4 is 35.0 Å². The van der Waals surface area contributed by atoms with E-state index in [4.69, 9.17) is 15.2 Å². The van der Waals surface area contributed by atoms with E-state index in [1.807, 2.05) is 0 Å². The third-order valence-electron chi connectivity index (χ3n) is 4.07. The molecule has 2 aromatic heterocycles. The molecule has 3 heterocycles. The quantitative estimate of drug-likeness (QED) is 0.747. The Morgan fingerprint density at radius 2 is 1.96 bits per heavy atom. The predicted molar refractivity (Wildman–Crippen MR) is 92.3 cm³/mol. The second-order valence-corrected chi connectivity index (χ2v) is 7.06. The molecule has 11 heteroatoms. The predicted octanol–water partition coefficient (Wildman–Crippen LogP) is 0.659. The summed E-state index contributed by atoms with van der Waals surface area (Å²) >= 11 is 0. The van der Waals surface area contributed by atoms with Crippen LogP contribution in [0.2, 0.25) is 0 Å². The first-order valence-electron chi connectivity index (χ1n) is 8.21. The van der Waals surface area contributed by atoms with Crippen LogP contribution in [0.5, 0.6) is 0 Å². The highest BCUT2D eigenvalue weighted by atomic mass is 16.6. The van der Waals surface area contributed by atoms with Crippen molar-refractivity contribution in [2.75, 3.05) is 12.8 Å². The Morgan fingerprint density at radius 1 is 1.26 bits per heavy atom. The second kappa shape index (κ2) is 6.49. The van der Waals surface area contributed by atoms with Gasteiger partial charge in [-0.15, -0.1) is 0 Å². The number of anilines is 1. The lowest BCUT2D eigenvalue weighted by Gasteiger charge is -2.26. The molecule has 2 N–H and O–H groups in total. The van der Waals surface area contributed by atoms with Gasteiger partial charge >= 0.3 is 12.1 Å². The van der Waals surface area contributed by atoms with Crippen molar-refractivity contribution in [1.82, 2.24) is 24.4 Å². The standard InChI is InChI=1S/C16H20N6O5/c1-16(2,3)27-15(25)22-9(14(24)26-4)5-8(13(22)23)21-7-20-10-11(17)18-6-19-12(10)21/h6-9H,5H2,1-4H3,(H2,17,18,19)/t8?,9-/m0/s1. The van der Waals surface area contributed by atoms with Crippen LogP contribution in [0.1, 0.15) is 33.2 Å². The largest absolute Gasteiger partial charge is 0.467 e. The van der Waals surface area contributed by atoms with E-state index >= 15 is 0 Å². The summed E-state index contributed by atoms with van der Waals surface area (Å²) in [5.41, 5.74) is 5.60. The molecular formula is C16H20N6O5. The zero-order valence-electron chi connectivity index (χ0n) is 15.4. The van der Waals surface area contributed by atoms with Gasteiger partial charge < -0.3 is 19.8 Å². The molecule has 1 unspecified atom stereocenters. The molecule has 0 aromatic carbocycles. The number of carbonyl (C=O) groups is 3. The lowest BCUT2D eigenvalue weighted by atomic mass is 10.1. The summed E-state index contributed by atoms with van der Waals surface area (Å²) in [6.07, 6.45) is 1.72. The summed E-state index contributed by atoms with van der Waals surface area (Å²) < 4.78 is 11.5. The van der Waals surface area contributed by atoms with E-state index in [0.29, 0.717) is 11.2 Å². The molecule has 2 aromatic rings. The number of carbonyl (C=O) groups excluding carboxylic acids is 3. The van der Waals surface area contributed by atoms with Crippen molar-refractivity contribution in [3.8, 4) is 0 Å². The average Bonchev–Trinajstić information content (AvgIpc) is 3.14. The fourth-order valence-corrected chi connectivity index (χ4v) is 2.93. The molecule has 2 atom stereocenters. The molecule has 0 radical (unpaired) electrons. The van der Waals surface area contributed by atoms with Gasteiger partial charge in [-0.25, -0.2) is 29.4 Å². The summed E-state index contributed by atoms with van der Waals surface area (Å²) in [7, 11) is 1.19. The Balaban J connectivity index is 2.00. The number of imidazole rings is 1. The third-order valence-corrected chi connectivity index (χ3v) is 4.07. The summed E-state index contributed by atoms with van der Waals surface area (Å²) in [6, 6.07) is -2.00. The molecule has 1 aliphatic rings. The number of hydrogen-bond acceptors (Lipinski definition) is 9. The van der Waals surface area contributed by atoms with Crippen LogP contribution in [0.3, 0.4) is 0 Å². The highest BCUT2D eigenvalue weighted by molar-refractivity contribution is 6.02. The Labute approximate surface area is 154 Å². The topological polar surface area (TPSA) is 143 Å². The number of ether oxygens (including phenoxy) is 2. The number of aromatic nitrogens is 4. The maximum atomic E-state index is 13.0. The molecule has 1 fully saturated rings. The summed E-state index contributed by atoms with van der Waals surface area (Å²) in [4.78, 5) is 50.6. The molecule has 3 rings (SSSR count). The van der Waals surface area contributed by atoms with Crippen LogP contribution in [-0.2, 0) is 19.1 Å². The lowest BCUT2D eigenvalue weighted by molar-refractivity contribution is -0.148. The van der Waals surface area contributed by atoms with E-state index in [9.17, 15) is 14.4 Å². The van der Waals surface area contributed by atoms with Gasteiger partial charge in [0.15, 0.2) is 11.5 Å². The minimum Gasteiger partial charge on any atom is -0.467 e. The number of methoxy groups -OCH3 is 1. The van der Waals surface area contributed by atoms with Crippen LogP contribution >= 0.6 is 0 Å². The van der Waals surface area contributed by atoms with Gasteiger partial charge in [-0.3, -0.25) is 4.79 Å². The summed E-state index contributed by atoms with van der Waals surface area (Å²) in [6.45, 7) is 5.00. The number of hydrogen-bond donors (Lipinski definition) is 1. The highest BCUT2D eigenvalue weighted by Crippen LogP contribution is 2.33. The number of likely N-dealkylation sites (tertiary alicyclic amines) is 1. The monoisotopic (exact) mass is 376 g/mol. The number of nitrogens with zero attached hydrogens (tertiary/aromatic N) is 5. The maximum Gasteiger partial charge on any atom is 0.417 e. The SMILES string of the molecule is COC(=O)[C@@H]1CC(n2cnc3c(N)ncnc32)C(=O)N1C(=O)OC(C)(C)C. The van der Waals surface area contributed by atoms with Crippen LogP contribution in [0, 0.1) is 0 Å². The molecule has 0 bridgehead atoms. The molecule has 144 valence electrons. The number of nitrogens with two attached hydrogens (primary N) is 1. The first kappa shape index (κ1) is 18.5. The Morgan fingerprint density at radius 3 is 2.59 bits per heavy atom. The van der Waals surface area contributed by atoms with Crippen LogP contribution in [0.15, 0.2) is 12.7 Å². The average molecular weight is 376 g/mol. The van der Waals surface area contributed by atoms with E-state index in [0.717, 1.165) is 4.90 Å². The van der Waals surface area contributed by atoms with Gasteiger partial charge in [0.05, 0.1) is 13.4 Å². The lowest BCUT2D eigenvalue weighted by Crippen LogP contribution is -2.46. The van der Waals surface area contributed by atoms with Crippen molar-refractivity contribution < 1.29 is 23.9 Å². The van der Waals surface area contributed by atoms with Gasteiger partial charge in [0, 0.05) is 6.42 Å². The maximum absolute atomic E-state index is 13.0. The molecule has 11 nitrogen and oxygen atoms in total. The van der Waals surface area contributed by atoms with Crippen molar-refractivity contribution in [3.05, 3.63) is 12.7 Å². The normalized spacial score (nSPS) is 20.1. The fraction of sp³-hybridized carbons (Fsp3) is 0.500. The van der Waals surface area contributed by atoms with Crippen LogP contribution in [0.4, 0.5) is 10.6 Å². The minimum atomic E-state index is -1.11. The van der Waals surface area contributed by atoms with E-state index in [-0.39, 0.29) is 12.2 Å². The smallest absolute Gasteiger partial charge is 0.417 e. The van der Waals surface area contributed by atoms with Gasteiger partial charge in [-0.2, -0.15) is 0 Å². The highest BCUT2D eigenvalue weighted by Gasteiger charge is 2.50. The van der Waals surface area contributed by atoms with Crippen LogP contribution in [-0.4, -0.2) is 61.1 Å². The first-order chi connectivity index (χ1) is 12.6. The molecule has 0 aliphatic carbocycles. The molecule has 0 spiro atoms. The van der Waals surface area contributed by atoms with Crippen LogP contribution < -0.4 is 5.73 Å². The Kier molecular flexibility index (Phi) is 4.46. The van der Waals surface area contributed by atoms with E-state index in [2.05, 4.69) is 15.0 Å². The van der Waals surface area contributed by atoms with Crippen molar-refractivity contribution in [1.29, 1.82) is 0 Å². The van der Waals surface area contributed by atoms with Crippen molar-refractivity contribution in [2.24, 2.45) is 0 Å². The minimum absolute atomic E-state index is 0.000116. The number of esters is 1. The number of amides is 2. The van der Waals surface area contributed by atoms with E-state index < -0.39 is 35.7 Å². The van der Waals surface area contributed by atoms with Gasteiger partial charge in [0.1, 0.15) is 29.5 Å². The summed E-state index contributed by atoms with van der Waals surface area (Å²) in [5.74, 6) is -1.16. The number of nitrogen functional groups attached to an aromatic ring is 1. The zero-order valence-corrected chi connectivity index (χ0v) is 15.4. The van der Waals surface area contributed by atoms with Crippen molar-refractivity contribution in [3.63, 3.8) is 0 Å². The van der Waals surface area contributed by atoms with Gasteiger partial charge in [-0.1, -0.05) is 0 Å². The van der Waals surface area contributed by atoms with Gasteiger partial charge in [0.2, 0.25) is 0 Å². The fourth-order valence-electron chi connectivity index (χ4n) is 2.93. The summed E-state index contributed by atoms with van der Waals surface area (Å²) in [5, 5.41) is 0. The number of rotatable bonds is 2. The number of imide groups is 1. The molecule has 1 saturated heterocycles. The first-order valence-corrected chi connectivity index (χ1v) is 8.21. The zero-order chi connectivity index (χ0) is 19.9. The Hall–Kier alpha value is -3.24. The van der Waals surface area contributed by atoms with Crippen LogP contribution in [0.25, 0.3) is 11.2 Å². The van der Waals surface area contributed by atoms with Gasteiger partial charge in [0.25, 0.3) is 5.91 Å².